The highest BCUT2D eigenvalue weighted by Crippen LogP contribution is 2.32. The molecule has 12 heteroatoms. The summed E-state index contributed by atoms with van der Waals surface area (Å²) in [5, 5.41) is 12.4. The summed E-state index contributed by atoms with van der Waals surface area (Å²) < 4.78 is 70.3. The minimum absolute atomic E-state index is 0.0822. The van der Waals surface area contributed by atoms with Crippen molar-refractivity contribution in [1.29, 1.82) is 0 Å². The van der Waals surface area contributed by atoms with Gasteiger partial charge in [0.15, 0.2) is 0 Å². The number of primary sulfonamides is 1. The number of methoxy groups -OCH3 is 1. The second-order valence-electron chi connectivity index (χ2n) is 10.1. The van der Waals surface area contributed by atoms with Crippen LogP contribution in [0.5, 0.6) is 5.75 Å². The lowest BCUT2D eigenvalue weighted by atomic mass is 9.90. The lowest BCUT2D eigenvalue weighted by molar-refractivity contribution is -0.140. The molecule has 1 aromatic heterocycles. The lowest BCUT2D eigenvalue weighted by Crippen LogP contribution is -2.36. The Morgan fingerprint density at radius 2 is 1.82 bits per heavy atom. The van der Waals surface area contributed by atoms with E-state index in [2.05, 4.69) is 41.5 Å². The van der Waals surface area contributed by atoms with Crippen LogP contribution in [0.3, 0.4) is 0 Å². The molecule has 0 unspecified atom stereocenters. The van der Waals surface area contributed by atoms with Crippen molar-refractivity contribution in [1.82, 2.24) is 9.47 Å². The fraction of sp³-hybridized carbons (Fsp3) is 0.429. The highest BCUT2D eigenvalue weighted by Gasteiger charge is 2.30. The molecule has 0 radical (unpaired) electrons. The number of nitrogens with two attached hydrogens (primary N) is 1. The Hall–Kier alpha value is -3.40. The standard InChI is InChI=1S/C28H34F3N5O3S/c1-35(2)20-11-9-19(10-12-20)34-24-7-4-8-26-23(24)16-21(36(26)18-28(29,30)31)6-5-15-33-25-14-13-22(40(32,37)38)17-27(25)39-3/h4,7-8,13-14,16-17,19-20,33-34H,9-12,15,18H2,1-3H3,(H2,32,37,38). The molecule has 1 aliphatic rings. The number of alkyl halides is 3. The molecule has 2 aromatic carbocycles. The largest absolute Gasteiger partial charge is 0.495 e. The summed E-state index contributed by atoms with van der Waals surface area (Å²) in [6.07, 6.45) is -0.317. The number of sulfonamides is 1. The maximum atomic E-state index is 13.5. The van der Waals surface area contributed by atoms with E-state index in [1.54, 1.807) is 18.2 Å². The predicted molar refractivity (Wildman–Crippen MR) is 151 cm³/mol. The Kier molecular flexibility index (Phi) is 8.87. The van der Waals surface area contributed by atoms with Gasteiger partial charge in [-0.25, -0.2) is 13.6 Å². The van der Waals surface area contributed by atoms with Crippen LogP contribution in [0.25, 0.3) is 10.9 Å². The first-order valence-corrected chi connectivity index (χ1v) is 14.5. The van der Waals surface area contributed by atoms with Gasteiger partial charge in [0.25, 0.3) is 0 Å². The molecule has 0 atom stereocenters. The van der Waals surface area contributed by atoms with Gasteiger partial charge >= 0.3 is 6.18 Å². The van der Waals surface area contributed by atoms with Crippen LogP contribution in [0.4, 0.5) is 24.5 Å². The number of anilines is 2. The number of halogens is 3. The van der Waals surface area contributed by atoms with E-state index in [0.717, 1.165) is 31.4 Å². The Bertz CT molecular complexity index is 1520. The van der Waals surface area contributed by atoms with Crippen molar-refractivity contribution in [3.8, 4) is 17.6 Å². The van der Waals surface area contributed by atoms with Crippen molar-refractivity contribution < 1.29 is 26.3 Å². The molecule has 4 rings (SSSR count). The summed E-state index contributed by atoms with van der Waals surface area (Å²) in [6.45, 7) is -1.08. The Balaban J connectivity index is 1.57. The van der Waals surface area contributed by atoms with Gasteiger partial charge in [-0.15, -0.1) is 0 Å². The number of hydrogen-bond acceptors (Lipinski definition) is 6. The molecule has 0 aliphatic heterocycles. The third-order valence-electron chi connectivity index (χ3n) is 7.15. The zero-order chi connectivity index (χ0) is 29.1. The number of hydrogen-bond donors (Lipinski definition) is 3. The van der Waals surface area contributed by atoms with Crippen LogP contribution in [-0.4, -0.2) is 63.9 Å². The van der Waals surface area contributed by atoms with Crippen LogP contribution < -0.4 is 20.5 Å². The van der Waals surface area contributed by atoms with Crippen LogP contribution in [-0.2, 0) is 16.6 Å². The van der Waals surface area contributed by atoms with Gasteiger partial charge in [-0.05, 0) is 76.0 Å². The molecule has 216 valence electrons. The van der Waals surface area contributed by atoms with Crippen LogP contribution in [0, 0.1) is 11.8 Å². The number of fused-ring (bicyclic) bond motifs is 1. The molecule has 1 saturated carbocycles. The smallest absolute Gasteiger partial charge is 0.406 e. The number of rotatable bonds is 8. The summed E-state index contributed by atoms with van der Waals surface area (Å²) in [5.41, 5.74) is 1.97. The molecule has 0 spiro atoms. The van der Waals surface area contributed by atoms with Crippen molar-refractivity contribution in [3.05, 3.63) is 48.2 Å². The number of benzene rings is 2. The van der Waals surface area contributed by atoms with E-state index in [4.69, 9.17) is 9.88 Å². The first kappa shape index (κ1) is 29.6. The first-order valence-electron chi connectivity index (χ1n) is 12.9. The molecule has 0 amide bonds. The van der Waals surface area contributed by atoms with Crippen LogP contribution in [0.1, 0.15) is 31.4 Å². The predicted octanol–water partition coefficient (Wildman–Crippen LogP) is 4.61. The first-order chi connectivity index (χ1) is 18.9. The molecular formula is C28H34F3N5O3S. The molecule has 1 aliphatic carbocycles. The number of nitrogens with zero attached hydrogens (tertiary/aromatic N) is 2. The fourth-order valence-electron chi connectivity index (χ4n) is 5.09. The zero-order valence-electron chi connectivity index (χ0n) is 22.7. The Labute approximate surface area is 232 Å². The lowest BCUT2D eigenvalue weighted by Gasteiger charge is -2.33. The highest BCUT2D eigenvalue weighted by molar-refractivity contribution is 7.89. The summed E-state index contributed by atoms with van der Waals surface area (Å²) in [5.74, 6) is 6.00. The maximum Gasteiger partial charge on any atom is 0.406 e. The van der Waals surface area contributed by atoms with Crippen LogP contribution in [0.15, 0.2) is 47.4 Å². The van der Waals surface area contributed by atoms with E-state index < -0.39 is 22.7 Å². The van der Waals surface area contributed by atoms with Gasteiger partial charge in [0, 0.05) is 29.2 Å². The SMILES string of the molecule is COc1cc(S(N)(=O)=O)ccc1NCC#Cc1cc2c(NC3CCC(N(C)C)CC3)cccc2n1CC(F)(F)F. The van der Waals surface area contributed by atoms with E-state index in [-0.39, 0.29) is 28.9 Å². The topological polar surface area (TPSA) is 102 Å². The van der Waals surface area contributed by atoms with Gasteiger partial charge in [0.05, 0.1) is 35.4 Å². The van der Waals surface area contributed by atoms with Gasteiger partial charge in [-0.3, -0.25) is 0 Å². The molecular weight excluding hydrogens is 543 g/mol. The van der Waals surface area contributed by atoms with E-state index in [0.29, 0.717) is 22.6 Å². The van der Waals surface area contributed by atoms with Gasteiger partial charge in [-0.1, -0.05) is 12.0 Å². The zero-order valence-corrected chi connectivity index (χ0v) is 23.5. The summed E-state index contributed by atoms with van der Waals surface area (Å²) >= 11 is 0. The normalized spacial score (nSPS) is 17.9. The van der Waals surface area contributed by atoms with Crippen molar-refractivity contribution in [2.24, 2.45) is 5.14 Å². The molecule has 4 N–H and O–H groups in total. The van der Waals surface area contributed by atoms with Crippen molar-refractivity contribution in [2.75, 3.05) is 38.4 Å². The molecule has 40 heavy (non-hydrogen) atoms. The molecule has 3 aromatic rings. The minimum Gasteiger partial charge on any atom is -0.495 e. The maximum absolute atomic E-state index is 13.5. The summed E-state index contributed by atoms with van der Waals surface area (Å²) in [7, 11) is 1.65. The third kappa shape index (κ3) is 7.21. The van der Waals surface area contributed by atoms with Crippen molar-refractivity contribution in [2.45, 2.75) is 55.4 Å². The molecule has 0 bridgehead atoms. The highest BCUT2D eigenvalue weighted by atomic mass is 32.2. The van der Waals surface area contributed by atoms with Crippen LogP contribution in [0.2, 0.25) is 0 Å². The van der Waals surface area contributed by atoms with Gasteiger partial charge in [-0.2, -0.15) is 13.2 Å². The van der Waals surface area contributed by atoms with Gasteiger partial charge in [0.2, 0.25) is 10.0 Å². The number of aromatic nitrogens is 1. The Morgan fingerprint density at radius 1 is 1.10 bits per heavy atom. The third-order valence-corrected chi connectivity index (χ3v) is 8.07. The number of nitrogens with one attached hydrogen (secondary N) is 2. The Morgan fingerprint density at radius 3 is 2.45 bits per heavy atom. The summed E-state index contributed by atoms with van der Waals surface area (Å²) in [6, 6.07) is 11.9. The summed E-state index contributed by atoms with van der Waals surface area (Å²) in [4.78, 5) is 2.14. The fourth-order valence-corrected chi connectivity index (χ4v) is 5.62. The molecule has 1 fully saturated rings. The quantitative estimate of drug-likeness (QED) is 0.338. The average molecular weight is 578 g/mol. The number of ether oxygens (including phenoxy) is 1. The minimum atomic E-state index is -4.42. The monoisotopic (exact) mass is 577 g/mol. The van der Waals surface area contributed by atoms with E-state index in [9.17, 15) is 21.6 Å². The second-order valence-corrected chi connectivity index (χ2v) is 11.7. The molecule has 1 heterocycles. The molecule has 0 saturated heterocycles. The van der Waals surface area contributed by atoms with Crippen LogP contribution >= 0.6 is 0 Å². The van der Waals surface area contributed by atoms with E-state index in [1.807, 2.05) is 6.07 Å². The second kappa shape index (κ2) is 12.0. The van der Waals surface area contributed by atoms with E-state index in [1.165, 1.54) is 29.9 Å². The van der Waals surface area contributed by atoms with Gasteiger partial charge in [0.1, 0.15) is 12.3 Å². The van der Waals surface area contributed by atoms with Crippen molar-refractivity contribution >= 4 is 32.3 Å². The molecule has 8 nitrogen and oxygen atoms in total. The van der Waals surface area contributed by atoms with E-state index >= 15 is 0 Å². The van der Waals surface area contributed by atoms with Gasteiger partial charge < -0.3 is 24.8 Å². The van der Waals surface area contributed by atoms with Crippen molar-refractivity contribution in [3.63, 3.8) is 0 Å². The average Bonchev–Trinajstić information content (AvgIpc) is 3.23.